The lowest BCUT2D eigenvalue weighted by Gasteiger charge is -2.15. The topological polar surface area (TPSA) is 32.9 Å². The summed E-state index contributed by atoms with van der Waals surface area (Å²) in [6, 6.07) is 83.7. The first kappa shape index (κ1) is 35.8. The monoisotopic (exact) mass is 830 g/mol. The molecular weight excluding hydrogens is 793 g/mol. The summed E-state index contributed by atoms with van der Waals surface area (Å²) in [7, 11) is 0. The van der Waals surface area contributed by atoms with Crippen LogP contribution in [0.1, 0.15) is 0 Å². The number of aromatic nitrogens is 4. The maximum Gasteiger partial charge on any atom is 0.135 e. The van der Waals surface area contributed by atoms with Gasteiger partial charge < -0.3 is 22.7 Å². The molecule has 0 unspecified atom stereocenters. The Morgan fingerprint density at radius 3 is 1.45 bits per heavy atom. The molecule has 0 spiro atoms. The molecule has 0 aliphatic carbocycles. The van der Waals surface area contributed by atoms with Crippen LogP contribution >= 0.6 is 0 Å². The Morgan fingerprint density at radius 2 is 0.769 bits per heavy atom. The fraction of sp³-hybridized carbons (Fsp3) is 0. The Morgan fingerprint density at radius 1 is 0.262 bits per heavy atom. The molecule has 0 saturated heterocycles. The molecule has 304 valence electrons. The molecule has 5 heteroatoms. The van der Waals surface area contributed by atoms with Crippen LogP contribution in [0.5, 0.6) is 0 Å². The molecule has 4 heterocycles. The van der Waals surface area contributed by atoms with Gasteiger partial charge in [0.25, 0.3) is 0 Å². The molecule has 65 heavy (non-hydrogen) atoms. The Labute approximate surface area is 372 Å². The van der Waals surface area contributed by atoms with Crippen LogP contribution < -0.4 is 0 Å². The third-order valence-electron chi connectivity index (χ3n) is 13.4. The Balaban J connectivity index is 1.10. The SMILES string of the molecule is c1ccc(-n2c3ccccc3c3ccc(-n4c5cccc(c5)c5cccc(c5)n(-c5cccc6c5c5ccccc5n6-c5ccccc5)c5ccc6oc7ccc4cc7c6c5)cc32)cc1. The maximum atomic E-state index is 6.65. The van der Waals surface area contributed by atoms with Gasteiger partial charge in [-0.1, -0.05) is 109 Å². The molecule has 0 saturated carbocycles. The van der Waals surface area contributed by atoms with Gasteiger partial charge in [-0.15, -0.1) is 0 Å². The molecule has 0 fully saturated rings. The molecule has 5 nitrogen and oxygen atoms in total. The number of hydrogen-bond donors (Lipinski definition) is 0. The van der Waals surface area contributed by atoms with Crippen LogP contribution in [0.3, 0.4) is 0 Å². The van der Waals surface area contributed by atoms with Gasteiger partial charge in [-0.3, -0.25) is 0 Å². The molecule has 0 aliphatic heterocycles. The number of hydrogen-bond acceptors (Lipinski definition) is 1. The van der Waals surface area contributed by atoms with E-state index in [1.807, 2.05) is 0 Å². The molecule has 14 aromatic rings. The zero-order valence-electron chi connectivity index (χ0n) is 35.1. The highest BCUT2D eigenvalue weighted by Gasteiger charge is 2.19. The van der Waals surface area contributed by atoms with Crippen molar-refractivity contribution in [2.75, 3.05) is 0 Å². The first-order valence-electron chi connectivity index (χ1n) is 22.2. The van der Waals surface area contributed by atoms with Gasteiger partial charge in [0.05, 0.1) is 27.8 Å². The fourth-order valence-electron chi connectivity index (χ4n) is 10.6. The molecule has 0 aliphatic rings. The number of para-hydroxylation sites is 4. The molecule has 0 amide bonds. The summed E-state index contributed by atoms with van der Waals surface area (Å²) in [5, 5.41) is 9.22. The molecule has 4 aromatic heterocycles. The average Bonchev–Trinajstić information content (AvgIpc) is 4.02. The summed E-state index contributed by atoms with van der Waals surface area (Å²) >= 11 is 0. The third kappa shape index (κ3) is 5.39. The minimum atomic E-state index is 0.850. The second-order valence-electron chi connectivity index (χ2n) is 17.0. The normalized spacial score (nSPS) is 12.0. The van der Waals surface area contributed by atoms with Gasteiger partial charge in [0.1, 0.15) is 11.2 Å². The van der Waals surface area contributed by atoms with Crippen molar-refractivity contribution in [1.82, 2.24) is 18.3 Å². The van der Waals surface area contributed by atoms with Crippen LogP contribution in [0, 0.1) is 0 Å². The maximum absolute atomic E-state index is 6.65. The zero-order valence-corrected chi connectivity index (χ0v) is 35.1. The highest BCUT2D eigenvalue weighted by atomic mass is 16.3. The predicted molar refractivity (Wildman–Crippen MR) is 271 cm³/mol. The lowest BCUT2D eigenvalue weighted by Crippen LogP contribution is -1.99. The van der Waals surface area contributed by atoms with E-state index in [4.69, 9.17) is 4.42 Å². The van der Waals surface area contributed by atoms with Crippen LogP contribution in [0.25, 0.3) is 121 Å². The van der Waals surface area contributed by atoms with Gasteiger partial charge in [-0.25, -0.2) is 0 Å². The van der Waals surface area contributed by atoms with Crippen LogP contribution in [-0.4, -0.2) is 18.3 Å². The quantitative estimate of drug-likeness (QED) is 0.174. The van der Waals surface area contributed by atoms with Gasteiger partial charge in [-0.2, -0.15) is 0 Å². The van der Waals surface area contributed by atoms with Crippen molar-refractivity contribution < 1.29 is 4.42 Å². The van der Waals surface area contributed by atoms with Crippen LogP contribution in [-0.2, 0) is 0 Å². The van der Waals surface area contributed by atoms with E-state index < -0.39 is 0 Å². The fourth-order valence-corrected chi connectivity index (χ4v) is 10.6. The minimum Gasteiger partial charge on any atom is -0.456 e. The van der Waals surface area contributed by atoms with Gasteiger partial charge >= 0.3 is 0 Å². The number of nitrogens with zero attached hydrogens (tertiary/aromatic N) is 4. The van der Waals surface area contributed by atoms with Gasteiger partial charge in [0.2, 0.25) is 0 Å². The summed E-state index contributed by atoms with van der Waals surface area (Å²) in [4.78, 5) is 0. The largest absolute Gasteiger partial charge is 0.456 e. The smallest absolute Gasteiger partial charge is 0.135 e. The summed E-state index contributed by atoms with van der Waals surface area (Å²) in [6.45, 7) is 0. The van der Waals surface area contributed by atoms with Crippen molar-refractivity contribution in [2.24, 2.45) is 0 Å². The average molecular weight is 831 g/mol. The Hall–Kier alpha value is -8.80. The van der Waals surface area contributed by atoms with Crippen molar-refractivity contribution >= 4 is 98.4 Å². The summed E-state index contributed by atoms with van der Waals surface area (Å²) in [5.74, 6) is 0. The summed E-state index contributed by atoms with van der Waals surface area (Å²) in [6.07, 6.45) is 0. The standard InChI is InChI=1S/C60H38N4O/c1-3-16-41(17-4-1)63-54-25-10-8-23-50(54)60-55(26-13-27-56(60)63)62-44-21-12-15-40(35-44)39-14-11-20-43(34-39)61(45-29-32-58-51(36-45)52-37-46(62)30-33-59(52)65-58)47-28-31-49-48-22-7-9-24-53(48)64(57(49)38-47)42-18-5-2-6-19-42/h1-38H. The van der Waals surface area contributed by atoms with E-state index in [1.165, 1.54) is 32.6 Å². The first-order chi connectivity index (χ1) is 32.2. The third-order valence-corrected chi connectivity index (χ3v) is 13.4. The van der Waals surface area contributed by atoms with E-state index in [0.717, 1.165) is 88.6 Å². The number of rotatable bonds is 4. The van der Waals surface area contributed by atoms with Crippen LogP contribution in [0.2, 0.25) is 0 Å². The van der Waals surface area contributed by atoms with E-state index in [2.05, 4.69) is 249 Å². The molecule has 14 rings (SSSR count). The van der Waals surface area contributed by atoms with E-state index in [1.54, 1.807) is 0 Å². The summed E-state index contributed by atoms with van der Waals surface area (Å²) in [5.41, 5.74) is 15.0. The first-order valence-corrected chi connectivity index (χ1v) is 22.2. The lowest BCUT2D eigenvalue weighted by atomic mass is 10.1. The van der Waals surface area contributed by atoms with Crippen molar-refractivity contribution in [3.8, 4) is 22.7 Å². The van der Waals surface area contributed by atoms with Crippen molar-refractivity contribution in [2.45, 2.75) is 0 Å². The molecular formula is C60H38N4O. The second kappa shape index (κ2) is 13.9. The Kier molecular flexibility index (Phi) is 7.62. The van der Waals surface area contributed by atoms with Crippen LogP contribution in [0.15, 0.2) is 235 Å². The molecule has 0 N–H and O–H groups in total. The van der Waals surface area contributed by atoms with Gasteiger partial charge in [0.15, 0.2) is 0 Å². The zero-order chi connectivity index (χ0) is 42.6. The molecule has 10 aromatic carbocycles. The van der Waals surface area contributed by atoms with Gasteiger partial charge in [0, 0.05) is 71.4 Å². The van der Waals surface area contributed by atoms with E-state index in [0.29, 0.717) is 0 Å². The van der Waals surface area contributed by atoms with Gasteiger partial charge in [-0.05, 0) is 132 Å². The summed E-state index contributed by atoms with van der Waals surface area (Å²) < 4.78 is 16.2. The second-order valence-corrected chi connectivity index (χ2v) is 17.0. The van der Waals surface area contributed by atoms with Crippen LogP contribution in [0.4, 0.5) is 0 Å². The van der Waals surface area contributed by atoms with Crippen molar-refractivity contribution in [3.63, 3.8) is 0 Å². The Bertz CT molecular complexity index is 4290. The minimum absolute atomic E-state index is 0.850. The number of furan rings is 1. The van der Waals surface area contributed by atoms with Crippen molar-refractivity contribution in [3.05, 3.63) is 231 Å². The predicted octanol–water partition coefficient (Wildman–Crippen LogP) is 15.9. The highest BCUT2D eigenvalue weighted by molar-refractivity contribution is 6.15. The van der Waals surface area contributed by atoms with E-state index >= 15 is 0 Å². The molecule has 0 atom stereocenters. The number of fused-ring (bicyclic) bond motifs is 13. The molecule has 8 bridgehead atoms. The van der Waals surface area contributed by atoms with Crippen molar-refractivity contribution in [1.29, 1.82) is 0 Å². The molecule has 0 radical (unpaired) electrons. The number of benzene rings is 10. The lowest BCUT2D eigenvalue weighted by molar-refractivity contribution is 0.669. The van der Waals surface area contributed by atoms with E-state index in [-0.39, 0.29) is 0 Å². The van der Waals surface area contributed by atoms with E-state index in [9.17, 15) is 0 Å². The highest BCUT2D eigenvalue weighted by Crippen LogP contribution is 2.39.